The lowest BCUT2D eigenvalue weighted by Gasteiger charge is -2.34. The monoisotopic (exact) mass is 456 g/mol. The molecule has 0 radical (unpaired) electrons. The quantitative estimate of drug-likeness (QED) is 0.459. The Balaban J connectivity index is 1.48. The molecule has 0 saturated carbocycles. The number of nitrogens with zero attached hydrogens (tertiary/aromatic N) is 2. The molecule has 2 aromatic carbocycles. The van der Waals surface area contributed by atoms with Crippen LogP contribution in [-0.2, 0) is 9.57 Å². The lowest BCUT2D eigenvalue weighted by molar-refractivity contribution is -0.143. The summed E-state index contributed by atoms with van der Waals surface area (Å²) in [5.41, 5.74) is 2.57. The zero-order valence-corrected chi connectivity index (χ0v) is 19.2. The van der Waals surface area contributed by atoms with Crippen molar-refractivity contribution in [1.82, 2.24) is 10.0 Å². The SMILES string of the molecule is COC(c1sc(-c2ccc(Cl)cc2)nc1C)C1CCCN(OC(=O)c2ccccc2)C1. The van der Waals surface area contributed by atoms with Gasteiger partial charge in [-0.1, -0.05) is 41.9 Å². The smallest absolute Gasteiger partial charge is 0.357 e. The number of aromatic nitrogens is 1. The van der Waals surface area contributed by atoms with Gasteiger partial charge in [0.1, 0.15) is 5.01 Å². The van der Waals surface area contributed by atoms with Crippen molar-refractivity contribution >= 4 is 28.9 Å². The van der Waals surface area contributed by atoms with Crippen molar-refractivity contribution in [2.45, 2.75) is 25.9 Å². The van der Waals surface area contributed by atoms with E-state index < -0.39 is 0 Å². The molecule has 0 amide bonds. The van der Waals surface area contributed by atoms with Crippen LogP contribution in [0.25, 0.3) is 10.6 Å². The number of hydrogen-bond donors (Lipinski definition) is 0. The molecule has 2 unspecified atom stereocenters. The zero-order chi connectivity index (χ0) is 21.8. The van der Waals surface area contributed by atoms with Gasteiger partial charge in [-0.25, -0.2) is 9.78 Å². The van der Waals surface area contributed by atoms with Gasteiger partial charge in [0.15, 0.2) is 0 Å². The minimum Gasteiger partial charge on any atom is -0.376 e. The normalized spacial score (nSPS) is 18.0. The Kier molecular flexibility index (Phi) is 7.02. The van der Waals surface area contributed by atoms with E-state index in [1.165, 1.54) is 0 Å². The fraction of sp³-hybridized carbons (Fsp3) is 0.333. The minimum absolute atomic E-state index is 0.100. The van der Waals surface area contributed by atoms with Crippen molar-refractivity contribution in [2.75, 3.05) is 20.2 Å². The predicted molar refractivity (Wildman–Crippen MR) is 123 cm³/mol. The molecule has 31 heavy (non-hydrogen) atoms. The van der Waals surface area contributed by atoms with Gasteiger partial charge in [0, 0.05) is 36.7 Å². The second-order valence-corrected chi connectivity index (χ2v) is 9.13. The summed E-state index contributed by atoms with van der Waals surface area (Å²) in [4.78, 5) is 24.0. The predicted octanol–water partition coefficient (Wildman–Crippen LogP) is 5.94. The highest BCUT2D eigenvalue weighted by Crippen LogP contribution is 2.39. The zero-order valence-electron chi connectivity index (χ0n) is 17.6. The number of halogens is 1. The summed E-state index contributed by atoms with van der Waals surface area (Å²) in [7, 11) is 1.74. The Labute approximate surface area is 191 Å². The number of benzene rings is 2. The lowest BCUT2D eigenvalue weighted by Crippen LogP contribution is -2.39. The number of aryl methyl sites for hydroxylation is 1. The van der Waals surface area contributed by atoms with E-state index in [1.807, 2.05) is 49.4 Å². The second kappa shape index (κ2) is 9.92. The molecular formula is C24H25ClN2O3S. The van der Waals surface area contributed by atoms with Gasteiger partial charge in [-0.15, -0.1) is 16.4 Å². The van der Waals surface area contributed by atoms with Crippen LogP contribution in [0.15, 0.2) is 54.6 Å². The van der Waals surface area contributed by atoms with Gasteiger partial charge in [0.25, 0.3) is 0 Å². The molecular weight excluding hydrogens is 432 g/mol. The molecule has 2 heterocycles. The Bertz CT molecular complexity index is 1020. The van der Waals surface area contributed by atoms with E-state index in [0.717, 1.165) is 40.5 Å². The van der Waals surface area contributed by atoms with Crippen molar-refractivity contribution in [2.24, 2.45) is 5.92 Å². The third-order valence-corrected chi connectivity index (χ3v) is 7.03. The lowest BCUT2D eigenvalue weighted by atomic mass is 9.92. The van der Waals surface area contributed by atoms with Crippen molar-refractivity contribution in [3.05, 3.63) is 75.8 Å². The molecule has 1 aliphatic heterocycles. The van der Waals surface area contributed by atoms with Gasteiger partial charge >= 0.3 is 5.97 Å². The van der Waals surface area contributed by atoms with Crippen molar-refractivity contribution in [1.29, 1.82) is 0 Å². The number of thiazole rings is 1. The summed E-state index contributed by atoms with van der Waals surface area (Å²) in [5.74, 6) is -0.117. The minimum atomic E-state index is -0.325. The first-order chi connectivity index (χ1) is 15.0. The maximum absolute atomic E-state index is 12.5. The van der Waals surface area contributed by atoms with E-state index in [1.54, 1.807) is 35.6 Å². The fourth-order valence-electron chi connectivity index (χ4n) is 3.95. The molecule has 1 aliphatic rings. The highest BCUT2D eigenvalue weighted by molar-refractivity contribution is 7.15. The van der Waals surface area contributed by atoms with Crippen LogP contribution >= 0.6 is 22.9 Å². The third-order valence-electron chi connectivity index (χ3n) is 5.51. The maximum atomic E-state index is 12.5. The van der Waals surface area contributed by atoms with Crippen LogP contribution in [0.2, 0.25) is 5.02 Å². The number of piperidine rings is 1. The van der Waals surface area contributed by atoms with E-state index in [4.69, 9.17) is 26.2 Å². The maximum Gasteiger partial charge on any atom is 0.357 e. The Morgan fingerprint density at radius 3 is 2.65 bits per heavy atom. The van der Waals surface area contributed by atoms with Crippen molar-refractivity contribution in [3.8, 4) is 10.6 Å². The van der Waals surface area contributed by atoms with Crippen LogP contribution in [0.4, 0.5) is 0 Å². The number of methoxy groups -OCH3 is 1. The summed E-state index contributed by atoms with van der Waals surface area (Å²) in [6.45, 7) is 3.38. The van der Waals surface area contributed by atoms with Gasteiger partial charge in [-0.2, -0.15) is 0 Å². The summed E-state index contributed by atoms with van der Waals surface area (Å²) in [6, 6.07) is 16.8. The molecule has 5 nitrogen and oxygen atoms in total. The highest BCUT2D eigenvalue weighted by atomic mass is 35.5. The first kappa shape index (κ1) is 22.0. The van der Waals surface area contributed by atoms with Crippen LogP contribution in [0.3, 0.4) is 0 Å². The molecule has 7 heteroatoms. The Morgan fingerprint density at radius 1 is 1.19 bits per heavy atom. The number of hydrogen-bond acceptors (Lipinski definition) is 6. The molecule has 1 fully saturated rings. The van der Waals surface area contributed by atoms with E-state index in [9.17, 15) is 4.79 Å². The summed E-state index contributed by atoms with van der Waals surface area (Å²) < 4.78 is 5.95. The van der Waals surface area contributed by atoms with Gasteiger partial charge < -0.3 is 9.57 Å². The molecule has 0 aliphatic carbocycles. The molecule has 2 atom stereocenters. The first-order valence-electron chi connectivity index (χ1n) is 10.3. The van der Waals surface area contributed by atoms with Gasteiger partial charge in [0.2, 0.25) is 0 Å². The topological polar surface area (TPSA) is 51.7 Å². The van der Waals surface area contributed by atoms with Crippen molar-refractivity contribution in [3.63, 3.8) is 0 Å². The van der Waals surface area contributed by atoms with Crippen LogP contribution in [0.1, 0.15) is 39.9 Å². The Morgan fingerprint density at radius 2 is 1.94 bits per heavy atom. The highest BCUT2D eigenvalue weighted by Gasteiger charge is 2.33. The van der Waals surface area contributed by atoms with E-state index in [0.29, 0.717) is 17.1 Å². The molecule has 1 saturated heterocycles. The molecule has 3 aromatic rings. The second-order valence-electron chi connectivity index (χ2n) is 7.67. The van der Waals surface area contributed by atoms with Crippen LogP contribution in [-0.4, -0.2) is 36.2 Å². The van der Waals surface area contributed by atoms with Crippen LogP contribution in [0.5, 0.6) is 0 Å². The summed E-state index contributed by atoms with van der Waals surface area (Å²) >= 11 is 7.67. The van der Waals surface area contributed by atoms with Gasteiger partial charge in [-0.05, 0) is 44.0 Å². The largest absolute Gasteiger partial charge is 0.376 e. The molecule has 4 rings (SSSR count). The van der Waals surface area contributed by atoms with Gasteiger partial charge in [-0.3, -0.25) is 0 Å². The molecule has 1 aromatic heterocycles. The number of hydroxylamine groups is 2. The van der Waals surface area contributed by atoms with Gasteiger partial charge in [0.05, 0.1) is 22.2 Å². The average Bonchev–Trinajstić information content (AvgIpc) is 3.17. The van der Waals surface area contributed by atoms with Crippen LogP contribution in [0, 0.1) is 12.8 Å². The molecule has 0 N–H and O–H groups in total. The van der Waals surface area contributed by atoms with E-state index in [-0.39, 0.29) is 18.0 Å². The molecule has 0 spiro atoms. The number of ether oxygens (including phenoxy) is 1. The third kappa shape index (κ3) is 5.15. The Hall–Kier alpha value is -2.25. The van der Waals surface area contributed by atoms with E-state index >= 15 is 0 Å². The molecule has 0 bridgehead atoms. The number of carbonyl (C=O) groups is 1. The standard InChI is InChI=1S/C24H25ClN2O3S/c1-16-22(31-23(26-16)17-10-12-20(25)13-11-17)21(29-2)19-9-6-14-27(15-19)30-24(28)18-7-4-3-5-8-18/h3-5,7-8,10-13,19,21H,6,9,14-15H2,1-2H3. The summed E-state index contributed by atoms with van der Waals surface area (Å²) in [5, 5.41) is 3.43. The number of rotatable bonds is 6. The average molecular weight is 457 g/mol. The number of carbonyl (C=O) groups excluding carboxylic acids is 1. The first-order valence-corrected chi connectivity index (χ1v) is 11.5. The van der Waals surface area contributed by atoms with E-state index in [2.05, 4.69) is 0 Å². The van der Waals surface area contributed by atoms with Crippen LogP contribution < -0.4 is 0 Å². The summed E-state index contributed by atoms with van der Waals surface area (Å²) in [6.07, 6.45) is 1.84. The molecule has 162 valence electrons. The fourth-order valence-corrected chi connectivity index (χ4v) is 5.32. The van der Waals surface area contributed by atoms with Crippen molar-refractivity contribution < 1.29 is 14.4 Å².